The molecule has 10 heteroatoms. The first-order valence-electron chi connectivity index (χ1n) is 11.7. The van der Waals surface area contributed by atoms with E-state index in [2.05, 4.69) is 0 Å². The molecule has 1 amide bonds. The minimum absolute atomic E-state index is 0.143. The van der Waals surface area contributed by atoms with Crippen molar-refractivity contribution in [2.75, 3.05) is 24.8 Å². The minimum Gasteiger partial charge on any atom is -0.502 e. The number of carbonyl (C=O) groups excluding carboxylic acids is 1. The monoisotopic (exact) mass is 519 g/mol. The van der Waals surface area contributed by atoms with Gasteiger partial charge in [0.2, 0.25) is 5.43 Å². The van der Waals surface area contributed by atoms with Gasteiger partial charge in [0.15, 0.2) is 23.1 Å². The number of hydrogen-bond donors (Lipinski definition) is 1. The van der Waals surface area contributed by atoms with Crippen LogP contribution in [0.25, 0.3) is 21.6 Å². The Morgan fingerprint density at radius 2 is 1.84 bits per heavy atom. The first-order chi connectivity index (χ1) is 18.0. The van der Waals surface area contributed by atoms with Gasteiger partial charge in [0.25, 0.3) is 5.91 Å². The lowest BCUT2D eigenvalue weighted by Crippen LogP contribution is -2.66. The maximum atomic E-state index is 15.6. The summed E-state index contributed by atoms with van der Waals surface area (Å²) >= 11 is 1.44. The van der Waals surface area contributed by atoms with Gasteiger partial charge >= 0.3 is 0 Å². The van der Waals surface area contributed by atoms with Crippen LogP contribution in [-0.2, 0) is 4.74 Å². The average Bonchev–Trinajstić information content (AvgIpc) is 3.35. The average molecular weight is 520 g/mol. The zero-order valence-corrected chi connectivity index (χ0v) is 20.0. The summed E-state index contributed by atoms with van der Waals surface area (Å²) in [7, 11) is 0. The number of benzene rings is 2. The molecule has 0 spiro atoms. The third kappa shape index (κ3) is 2.99. The van der Waals surface area contributed by atoms with Crippen LogP contribution in [0.1, 0.15) is 27.7 Å². The van der Waals surface area contributed by atoms with Crippen molar-refractivity contribution in [1.29, 1.82) is 0 Å². The van der Waals surface area contributed by atoms with E-state index in [-0.39, 0.29) is 24.4 Å². The van der Waals surface area contributed by atoms with E-state index in [1.54, 1.807) is 17.0 Å². The fourth-order valence-electron chi connectivity index (χ4n) is 5.71. The second-order valence-electron chi connectivity index (χ2n) is 9.13. The fourth-order valence-corrected chi connectivity index (χ4v) is 6.66. The summed E-state index contributed by atoms with van der Waals surface area (Å²) in [5, 5.41) is 14.4. The number of rotatable bonds is 1. The van der Waals surface area contributed by atoms with Crippen molar-refractivity contribution in [2.45, 2.75) is 12.2 Å². The summed E-state index contributed by atoms with van der Waals surface area (Å²) in [5.41, 5.74) is 2.02. The molecule has 37 heavy (non-hydrogen) atoms. The molecular weight excluding hydrogens is 500 g/mol. The van der Waals surface area contributed by atoms with Crippen LogP contribution < -0.4 is 10.4 Å². The molecule has 1 fully saturated rings. The zero-order chi connectivity index (χ0) is 25.4. The highest BCUT2D eigenvalue weighted by Gasteiger charge is 2.46. The molecular formula is C27H19F2N3O4S. The molecule has 186 valence electrons. The molecule has 2 aromatic carbocycles. The van der Waals surface area contributed by atoms with Crippen molar-refractivity contribution in [1.82, 2.24) is 9.58 Å². The Labute approximate surface area is 213 Å². The molecule has 7 rings (SSSR count). The SMILES string of the molecule is O=C1c2c(O)c(=O)ccn2N([C@H]2c3ccccc3-c3sccc3-c3c2ccc(F)c3F)[C@@H]2COCCN12. The van der Waals surface area contributed by atoms with E-state index in [4.69, 9.17) is 4.74 Å². The van der Waals surface area contributed by atoms with E-state index in [9.17, 15) is 19.1 Å². The number of fused-ring (bicyclic) bond motifs is 7. The van der Waals surface area contributed by atoms with Gasteiger partial charge in [-0.3, -0.25) is 19.3 Å². The number of nitrogens with zero attached hydrogens (tertiary/aromatic N) is 3. The van der Waals surface area contributed by atoms with Crippen LogP contribution in [0.2, 0.25) is 0 Å². The van der Waals surface area contributed by atoms with Gasteiger partial charge in [0.1, 0.15) is 6.17 Å². The van der Waals surface area contributed by atoms with Gasteiger partial charge in [-0.25, -0.2) is 8.78 Å². The molecule has 4 heterocycles. The van der Waals surface area contributed by atoms with Gasteiger partial charge in [-0.15, -0.1) is 11.3 Å². The van der Waals surface area contributed by atoms with E-state index < -0.39 is 40.9 Å². The lowest BCUT2D eigenvalue weighted by molar-refractivity contribution is -0.0196. The van der Waals surface area contributed by atoms with Crippen LogP contribution in [0.4, 0.5) is 8.78 Å². The molecule has 4 aromatic rings. The minimum atomic E-state index is -0.959. The molecule has 1 aliphatic carbocycles. The number of halogens is 2. The van der Waals surface area contributed by atoms with E-state index in [1.807, 2.05) is 34.7 Å². The van der Waals surface area contributed by atoms with Gasteiger partial charge in [-0.1, -0.05) is 30.3 Å². The Kier molecular flexibility index (Phi) is 4.79. The van der Waals surface area contributed by atoms with Crippen molar-refractivity contribution in [2.24, 2.45) is 0 Å². The molecule has 3 aliphatic rings. The van der Waals surface area contributed by atoms with Crippen LogP contribution in [0.3, 0.4) is 0 Å². The topological polar surface area (TPSA) is 75.0 Å². The number of carbonyl (C=O) groups is 1. The Hall–Kier alpha value is -4.02. The van der Waals surface area contributed by atoms with Crippen LogP contribution >= 0.6 is 11.3 Å². The predicted octanol–water partition coefficient (Wildman–Crippen LogP) is 4.08. The highest BCUT2D eigenvalue weighted by Crippen LogP contribution is 2.50. The van der Waals surface area contributed by atoms with Gasteiger partial charge < -0.3 is 14.7 Å². The van der Waals surface area contributed by atoms with Crippen molar-refractivity contribution in [3.63, 3.8) is 0 Å². The third-order valence-corrected chi connectivity index (χ3v) is 8.24. The van der Waals surface area contributed by atoms with Crippen molar-refractivity contribution >= 4 is 17.2 Å². The lowest BCUT2D eigenvalue weighted by Gasteiger charge is -2.51. The highest BCUT2D eigenvalue weighted by molar-refractivity contribution is 7.14. The quantitative estimate of drug-likeness (QED) is 0.410. The zero-order valence-electron chi connectivity index (χ0n) is 19.2. The number of ether oxygens (including phenoxy) is 1. The molecule has 0 radical (unpaired) electrons. The number of thiophene rings is 1. The summed E-state index contributed by atoms with van der Waals surface area (Å²) in [6.45, 7) is 0.690. The molecule has 1 N–H and O–H groups in total. The Morgan fingerprint density at radius 1 is 1.00 bits per heavy atom. The fraction of sp³-hybridized carbons (Fsp3) is 0.185. The van der Waals surface area contributed by atoms with Gasteiger partial charge in [0, 0.05) is 34.8 Å². The first kappa shape index (κ1) is 22.2. The third-order valence-electron chi connectivity index (χ3n) is 7.30. The van der Waals surface area contributed by atoms with Crippen LogP contribution in [0.5, 0.6) is 5.75 Å². The van der Waals surface area contributed by atoms with Gasteiger partial charge in [-0.2, -0.15) is 0 Å². The number of pyridine rings is 1. The van der Waals surface area contributed by atoms with E-state index in [0.29, 0.717) is 17.7 Å². The summed E-state index contributed by atoms with van der Waals surface area (Å²) in [6, 6.07) is 12.5. The molecule has 1 saturated heterocycles. The van der Waals surface area contributed by atoms with E-state index in [0.717, 1.165) is 22.1 Å². The van der Waals surface area contributed by atoms with E-state index >= 15 is 4.39 Å². The molecule has 2 atom stereocenters. The molecule has 0 bridgehead atoms. The van der Waals surface area contributed by atoms with Crippen LogP contribution in [0.15, 0.2) is 64.9 Å². The number of amides is 1. The van der Waals surface area contributed by atoms with E-state index in [1.165, 1.54) is 28.3 Å². The standard InChI is InChI=1S/C27H19F2N3O4S/c28-18-6-5-16-21(22(18)29)17-8-12-37-26(17)15-4-2-1-3-14(15)23(16)32-20-13-36-11-10-30(20)27(35)24-25(34)19(33)7-9-31(24)32/h1-9,12,20,23,34H,10-11,13H2/t20-,23+/m1/s1. The lowest BCUT2D eigenvalue weighted by atomic mass is 9.92. The normalized spacial score (nSPS) is 19.9. The number of aromatic hydroxyl groups is 1. The first-order valence-corrected chi connectivity index (χ1v) is 12.6. The summed E-state index contributed by atoms with van der Waals surface area (Å²) in [6.07, 6.45) is 0.801. The maximum Gasteiger partial charge on any atom is 0.278 e. The second kappa shape index (κ2) is 7.99. The molecule has 0 saturated carbocycles. The Bertz CT molecular complexity index is 1670. The van der Waals surface area contributed by atoms with Gasteiger partial charge in [0.05, 0.1) is 19.3 Å². The second-order valence-corrected chi connectivity index (χ2v) is 10.1. The van der Waals surface area contributed by atoms with Crippen LogP contribution in [0, 0.1) is 11.6 Å². The van der Waals surface area contributed by atoms with Crippen molar-refractivity contribution < 1.29 is 23.4 Å². The van der Waals surface area contributed by atoms with Gasteiger partial charge in [-0.05, 0) is 34.2 Å². The smallest absolute Gasteiger partial charge is 0.278 e. The van der Waals surface area contributed by atoms with Crippen molar-refractivity contribution in [3.8, 4) is 27.3 Å². The Balaban J connectivity index is 1.59. The summed E-state index contributed by atoms with van der Waals surface area (Å²) in [5.74, 6) is -3.07. The highest BCUT2D eigenvalue weighted by atomic mass is 32.1. The number of aromatic nitrogens is 1. The molecule has 7 nitrogen and oxygen atoms in total. The number of hydrogen-bond acceptors (Lipinski definition) is 6. The molecule has 2 aromatic heterocycles. The summed E-state index contributed by atoms with van der Waals surface area (Å²) in [4.78, 5) is 28.2. The molecule has 2 aliphatic heterocycles. The van der Waals surface area contributed by atoms with Crippen LogP contribution in [-0.4, -0.2) is 46.5 Å². The Morgan fingerprint density at radius 3 is 2.70 bits per heavy atom. The molecule has 0 unspecified atom stereocenters. The maximum absolute atomic E-state index is 15.6. The largest absolute Gasteiger partial charge is 0.502 e. The summed E-state index contributed by atoms with van der Waals surface area (Å²) < 4.78 is 37.5. The van der Waals surface area contributed by atoms with Crippen molar-refractivity contribution in [3.05, 3.63) is 98.8 Å². The predicted molar refractivity (Wildman–Crippen MR) is 133 cm³/mol. The number of morpholine rings is 1.